The highest BCUT2D eigenvalue weighted by Crippen LogP contribution is 2.22. The van der Waals surface area contributed by atoms with Crippen molar-refractivity contribution in [3.63, 3.8) is 0 Å². The lowest BCUT2D eigenvalue weighted by molar-refractivity contribution is -0.403. The van der Waals surface area contributed by atoms with E-state index in [1.807, 2.05) is 0 Å². The third-order valence-corrected chi connectivity index (χ3v) is 1.19. The summed E-state index contributed by atoms with van der Waals surface area (Å²) in [6, 6.07) is -0.764. The van der Waals surface area contributed by atoms with E-state index < -0.39 is 6.03 Å². The van der Waals surface area contributed by atoms with E-state index in [1.54, 1.807) is 6.21 Å². The van der Waals surface area contributed by atoms with Crippen LogP contribution in [0.3, 0.4) is 0 Å². The molecular weight excluding hydrogens is 108 g/mol. The fraction of sp³-hybridized carbons (Fsp3) is 0.750. The van der Waals surface area contributed by atoms with Gasteiger partial charge in [0.05, 0.1) is 0 Å². The maximum Gasteiger partial charge on any atom is 0.339 e. The Kier molecular flexibility index (Phi) is 0.709. The van der Waals surface area contributed by atoms with Crippen LogP contribution in [0.25, 0.3) is 0 Å². The van der Waals surface area contributed by atoms with Gasteiger partial charge in [-0.3, -0.25) is 9.47 Å². The van der Waals surface area contributed by atoms with Crippen LogP contribution in [0.2, 0.25) is 0 Å². The molecular formula is C4H6N2O2. The Balaban J connectivity index is 2.13. The first-order valence-corrected chi connectivity index (χ1v) is 2.48. The molecule has 1 fully saturated rings. The lowest BCUT2D eigenvalue weighted by atomic mass is 10.7. The number of rotatable bonds is 0. The molecule has 1 spiro atoms. The van der Waals surface area contributed by atoms with Crippen LogP contribution in [0.15, 0.2) is 4.99 Å². The molecule has 0 aliphatic carbocycles. The number of nitrogens with zero attached hydrogens (tertiary/aromatic N) is 1. The summed E-state index contributed by atoms with van der Waals surface area (Å²) in [5, 5.41) is 2.90. The summed E-state index contributed by atoms with van der Waals surface area (Å²) < 4.78 is 9.90. The van der Waals surface area contributed by atoms with Gasteiger partial charge in [0.2, 0.25) is 0 Å². The quantitative estimate of drug-likeness (QED) is 0.451. The van der Waals surface area contributed by atoms with Crippen LogP contribution >= 0.6 is 0 Å². The molecule has 0 aromatic heterocycles. The predicted octanol–water partition coefficient (Wildman–Crippen LogP) is -0.724. The van der Waals surface area contributed by atoms with Gasteiger partial charge in [-0.1, -0.05) is 0 Å². The second kappa shape index (κ2) is 1.28. The van der Waals surface area contributed by atoms with Crippen molar-refractivity contribution in [2.24, 2.45) is 4.99 Å². The first-order chi connectivity index (χ1) is 3.91. The van der Waals surface area contributed by atoms with Crippen molar-refractivity contribution in [2.75, 3.05) is 13.3 Å². The topological polar surface area (TPSA) is 42.9 Å². The number of aliphatic imine (C=N–C) groups is 1. The minimum Gasteiger partial charge on any atom is -0.291 e. The molecule has 8 heavy (non-hydrogen) atoms. The largest absolute Gasteiger partial charge is 0.339 e. The molecule has 0 saturated carbocycles. The average Bonchev–Trinajstić information content (AvgIpc) is 2.07. The Hall–Kier alpha value is -0.450. The van der Waals surface area contributed by atoms with Crippen molar-refractivity contribution in [1.29, 1.82) is 0 Å². The van der Waals surface area contributed by atoms with Gasteiger partial charge < -0.3 is 0 Å². The molecule has 0 radical (unpaired) electrons. The van der Waals surface area contributed by atoms with Crippen molar-refractivity contribution in [2.45, 2.75) is 6.03 Å². The molecule has 4 heteroatoms. The normalized spacial score (nSPS) is 31.0. The van der Waals surface area contributed by atoms with Gasteiger partial charge in [-0.15, -0.1) is 0 Å². The average molecular weight is 114 g/mol. The highest BCUT2D eigenvalue weighted by atomic mass is 16.9. The Morgan fingerprint density at radius 2 is 2.50 bits per heavy atom. The van der Waals surface area contributed by atoms with E-state index >= 15 is 0 Å². The van der Waals surface area contributed by atoms with Crippen LogP contribution in [0.4, 0.5) is 0 Å². The lowest BCUT2D eigenvalue weighted by Gasteiger charge is -2.34. The third kappa shape index (κ3) is 0.419. The van der Waals surface area contributed by atoms with Crippen LogP contribution in [0, 0.1) is 0 Å². The van der Waals surface area contributed by atoms with Gasteiger partial charge in [-0.25, -0.2) is 10.3 Å². The van der Waals surface area contributed by atoms with Crippen molar-refractivity contribution >= 4 is 6.21 Å². The minimum atomic E-state index is -0.764. The summed E-state index contributed by atoms with van der Waals surface area (Å²) in [6.07, 6.45) is 1.74. The molecule has 0 atom stereocenters. The van der Waals surface area contributed by atoms with E-state index in [9.17, 15) is 0 Å². The second-order valence-corrected chi connectivity index (χ2v) is 1.68. The summed E-state index contributed by atoms with van der Waals surface area (Å²) in [7, 11) is 0. The molecule has 4 nitrogen and oxygen atoms in total. The van der Waals surface area contributed by atoms with Crippen LogP contribution in [0.5, 0.6) is 0 Å². The van der Waals surface area contributed by atoms with Gasteiger partial charge in [-0.2, -0.15) is 0 Å². The molecule has 44 valence electrons. The fourth-order valence-corrected chi connectivity index (χ4v) is 0.733. The zero-order valence-electron chi connectivity index (χ0n) is 4.26. The second-order valence-electron chi connectivity index (χ2n) is 1.68. The molecule has 0 unspecified atom stereocenters. The Labute approximate surface area is 46.5 Å². The van der Waals surface area contributed by atoms with Gasteiger partial charge in [0, 0.05) is 12.8 Å². The molecule has 1 saturated heterocycles. The van der Waals surface area contributed by atoms with Crippen LogP contribution in [0.1, 0.15) is 0 Å². The third-order valence-electron chi connectivity index (χ3n) is 1.19. The SMILES string of the molecule is C1=NC2(NC1)OCO2. The Bertz CT molecular complexity index is 130. The van der Waals surface area contributed by atoms with E-state index in [2.05, 4.69) is 10.3 Å². The fourth-order valence-electron chi connectivity index (χ4n) is 0.733. The van der Waals surface area contributed by atoms with Crippen molar-refractivity contribution in [1.82, 2.24) is 5.32 Å². The minimum absolute atomic E-state index is 0.352. The molecule has 2 heterocycles. The monoisotopic (exact) mass is 114 g/mol. The molecule has 0 amide bonds. The highest BCUT2D eigenvalue weighted by molar-refractivity contribution is 5.62. The van der Waals surface area contributed by atoms with Gasteiger partial charge in [0.25, 0.3) is 0 Å². The van der Waals surface area contributed by atoms with Crippen LogP contribution in [-0.2, 0) is 9.47 Å². The number of ether oxygens (including phenoxy) is 2. The van der Waals surface area contributed by atoms with E-state index in [-0.39, 0.29) is 0 Å². The van der Waals surface area contributed by atoms with Crippen LogP contribution < -0.4 is 5.32 Å². The predicted molar refractivity (Wildman–Crippen MR) is 26.3 cm³/mol. The summed E-state index contributed by atoms with van der Waals surface area (Å²) in [5.41, 5.74) is 0. The van der Waals surface area contributed by atoms with E-state index in [0.29, 0.717) is 6.79 Å². The molecule has 0 aromatic carbocycles. The van der Waals surface area contributed by atoms with Gasteiger partial charge >= 0.3 is 6.03 Å². The van der Waals surface area contributed by atoms with Gasteiger partial charge in [0.1, 0.15) is 0 Å². The summed E-state index contributed by atoms with van der Waals surface area (Å²) in [4.78, 5) is 3.89. The highest BCUT2D eigenvalue weighted by Gasteiger charge is 2.41. The smallest absolute Gasteiger partial charge is 0.291 e. The number of hydrogen-bond donors (Lipinski definition) is 1. The van der Waals surface area contributed by atoms with E-state index in [0.717, 1.165) is 6.54 Å². The number of nitrogens with one attached hydrogen (secondary N) is 1. The maximum absolute atomic E-state index is 4.95. The van der Waals surface area contributed by atoms with Crippen molar-refractivity contribution in [3.8, 4) is 0 Å². The van der Waals surface area contributed by atoms with Crippen molar-refractivity contribution < 1.29 is 9.47 Å². The Morgan fingerprint density at radius 1 is 1.62 bits per heavy atom. The number of hydrogen-bond acceptors (Lipinski definition) is 4. The van der Waals surface area contributed by atoms with Gasteiger partial charge in [0.15, 0.2) is 6.79 Å². The zero-order chi connectivity index (χ0) is 5.45. The summed E-state index contributed by atoms with van der Waals surface area (Å²) in [6.45, 7) is 1.09. The van der Waals surface area contributed by atoms with Crippen molar-refractivity contribution in [3.05, 3.63) is 0 Å². The first-order valence-electron chi connectivity index (χ1n) is 2.48. The summed E-state index contributed by atoms with van der Waals surface area (Å²) in [5.74, 6) is 0. The molecule has 0 bridgehead atoms. The first kappa shape index (κ1) is 4.43. The standard InChI is InChI=1S/C4H6N2O2/c1-2-6-4(5-1)7-3-8-4/h1,6H,2-3H2. The lowest BCUT2D eigenvalue weighted by Crippen LogP contribution is -2.53. The molecule has 2 aliphatic heterocycles. The molecule has 1 N–H and O–H groups in total. The maximum atomic E-state index is 4.95. The molecule has 2 rings (SSSR count). The van der Waals surface area contributed by atoms with E-state index in [1.165, 1.54) is 0 Å². The zero-order valence-corrected chi connectivity index (χ0v) is 4.26. The molecule has 2 aliphatic rings. The van der Waals surface area contributed by atoms with E-state index in [4.69, 9.17) is 9.47 Å². The Morgan fingerprint density at radius 3 is 2.75 bits per heavy atom. The van der Waals surface area contributed by atoms with Gasteiger partial charge in [-0.05, 0) is 0 Å². The summed E-state index contributed by atoms with van der Waals surface area (Å²) >= 11 is 0. The van der Waals surface area contributed by atoms with Crippen LogP contribution in [-0.4, -0.2) is 25.6 Å². The molecule has 0 aromatic rings.